The molecule has 6 heteroatoms. The van der Waals surface area contributed by atoms with E-state index in [2.05, 4.69) is 62.4 Å². The van der Waals surface area contributed by atoms with Crippen molar-refractivity contribution in [3.8, 4) is 5.88 Å². The maximum Gasteiger partial charge on any atom is 0.217 e. The van der Waals surface area contributed by atoms with Gasteiger partial charge in [0.05, 0.1) is 24.1 Å². The van der Waals surface area contributed by atoms with Crippen molar-refractivity contribution >= 4 is 11.3 Å². The molecule has 1 aliphatic heterocycles. The van der Waals surface area contributed by atoms with E-state index in [1.165, 1.54) is 0 Å². The zero-order valence-electron chi connectivity index (χ0n) is 17.7. The molecular weight excluding hydrogens is 374 g/mol. The molecule has 0 atom stereocenters. The minimum atomic E-state index is 0.465. The topological polar surface area (TPSA) is 65.2 Å². The summed E-state index contributed by atoms with van der Waals surface area (Å²) in [5.41, 5.74) is 5.33. The van der Waals surface area contributed by atoms with E-state index in [1.807, 2.05) is 57.5 Å². The summed E-state index contributed by atoms with van der Waals surface area (Å²) in [6.45, 7) is 5.24. The third-order valence-electron chi connectivity index (χ3n) is 4.63. The van der Waals surface area contributed by atoms with E-state index in [-0.39, 0.29) is 0 Å². The minimum absolute atomic E-state index is 0.465. The summed E-state index contributed by atoms with van der Waals surface area (Å²) in [6, 6.07) is 8.39. The van der Waals surface area contributed by atoms with Gasteiger partial charge >= 0.3 is 0 Å². The molecule has 0 saturated heterocycles. The highest BCUT2D eigenvalue weighted by atomic mass is 16.5. The molecule has 0 unspecified atom stereocenters. The van der Waals surface area contributed by atoms with Gasteiger partial charge in [-0.1, -0.05) is 42.5 Å². The summed E-state index contributed by atoms with van der Waals surface area (Å²) in [4.78, 5) is 2.12. The fraction of sp³-hybridized carbons (Fsp3) is 0.208. The molecule has 6 nitrogen and oxygen atoms in total. The number of nitrogens with one attached hydrogen (secondary N) is 3. The van der Waals surface area contributed by atoms with Crippen molar-refractivity contribution in [3.05, 3.63) is 96.1 Å². The van der Waals surface area contributed by atoms with Crippen LogP contribution in [0.2, 0.25) is 0 Å². The molecule has 30 heavy (non-hydrogen) atoms. The number of hydrogen-bond acceptors (Lipinski definition) is 5. The second-order valence-corrected chi connectivity index (χ2v) is 6.72. The van der Waals surface area contributed by atoms with Crippen LogP contribution in [0.4, 0.5) is 0 Å². The molecule has 1 aliphatic rings. The first-order valence-electron chi connectivity index (χ1n) is 10.0. The van der Waals surface area contributed by atoms with E-state index in [0.717, 1.165) is 34.6 Å². The van der Waals surface area contributed by atoms with Gasteiger partial charge in [0.15, 0.2) is 0 Å². The maximum atomic E-state index is 6.00. The Labute approximate surface area is 178 Å². The van der Waals surface area contributed by atoms with Crippen molar-refractivity contribution in [2.75, 3.05) is 13.7 Å². The summed E-state index contributed by atoms with van der Waals surface area (Å²) < 4.78 is 6.00. The van der Waals surface area contributed by atoms with Crippen LogP contribution in [-0.2, 0) is 6.61 Å². The molecule has 0 radical (unpaired) electrons. The lowest BCUT2D eigenvalue weighted by atomic mass is 10.1. The van der Waals surface area contributed by atoms with E-state index < -0.39 is 0 Å². The Bertz CT molecular complexity index is 964. The number of ether oxygens (including phenoxy) is 1. The molecule has 0 saturated carbocycles. The van der Waals surface area contributed by atoms with E-state index >= 15 is 0 Å². The van der Waals surface area contributed by atoms with Crippen molar-refractivity contribution in [3.63, 3.8) is 0 Å². The molecule has 0 fully saturated rings. The molecule has 2 heterocycles. The van der Waals surface area contributed by atoms with Crippen LogP contribution >= 0.6 is 0 Å². The van der Waals surface area contributed by atoms with Crippen LogP contribution in [-0.4, -0.2) is 28.8 Å². The number of allylic oxidation sites excluding steroid dienone is 6. The number of aromatic amines is 1. The van der Waals surface area contributed by atoms with Crippen LogP contribution in [0.1, 0.15) is 30.5 Å². The first-order chi connectivity index (χ1) is 14.7. The number of rotatable bonds is 9. The maximum absolute atomic E-state index is 6.00. The Balaban J connectivity index is 1.62. The average Bonchev–Trinajstić information content (AvgIpc) is 3.43. The number of benzene rings is 1. The standard InChI is InChI=1S/C24H29N5O/c1-4-6-7-14-29-16-23(26-18-29)21-10-8-19(9-11-21)17-30-24-22(15-27-28-24)20(5-2)12-13-25-3/h4-16,25-26H,17-18H2,1-3H3,(H,27,28)/b6-4-,13-12-,14-7-,20-5+. The molecule has 1 aromatic carbocycles. The number of hydrogen-bond donors (Lipinski definition) is 3. The zero-order chi connectivity index (χ0) is 21.2. The Morgan fingerprint density at radius 3 is 2.80 bits per heavy atom. The highest BCUT2D eigenvalue weighted by molar-refractivity contribution is 5.76. The molecular formula is C24H29N5O. The summed E-state index contributed by atoms with van der Waals surface area (Å²) in [5.74, 6) is 0.664. The van der Waals surface area contributed by atoms with Gasteiger partial charge < -0.3 is 20.3 Å². The minimum Gasteiger partial charge on any atom is -0.473 e. The monoisotopic (exact) mass is 403 g/mol. The van der Waals surface area contributed by atoms with E-state index in [0.29, 0.717) is 12.5 Å². The predicted octanol–water partition coefficient (Wildman–Crippen LogP) is 4.38. The van der Waals surface area contributed by atoms with Crippen molar-refractivity contribution in [1.82, 2.24) is 25.7 Å². The molecule has 1 aromatic heterocycles. The van der Waals surface area contributed by atoms with E-state index in [4.69, 9.17) is 4.74 Å². The van der Waals surface area contributed by atoms with Crippen LogP contribution in [0.25, 0.3) is 11.3 Å². The lowest BCUT2D eigenvalue weighted by Crippen LogP contribution is -2.15. The van der Waals surface area contributed by atoms with Gasteiger partial charge in [-0.2, -0.15) is 5.10 Å². The van der Waals surface area contributed by atoms with Gasteiger partial charge in [0.1, 0.15) is 6.61 Å². The molecule has 3 N–H and O–H groups in total. The van der Waals surface area contributed by atoms with Gasteiger partial charge in [-0.3, -0.25) is 0 Å². The van der Waals surface area contributed by atoms with Gasteiger partial charge in [-0.25, -0.2) is 5.10 Å². The highest BCUT2D eigenvalue weighted by Crippen LogP contribution is 2.25. The van der Waals surface area contributed by atoms with Crippen molar-refractivity contribution in [2.45, 2.75) is 20.5 Å². The Morgan fingerprint density at radius 2 is 2.07 bits per heavy atom. The normalized spacial score (nSPS) is 14.7. The smallest absolute Gasteiger partial charge is 0.217 e. The average molecular weight is 404 g/mol. The number of nitrogens with zero attached hydrogens (tertiary/aromatic N) is 2. The lowest BCUT2D eigenvalue weighted by molar-refractivity contribution is 0.292. The van der Waals surface area contributed by atoms with E-state index in [9.17, 15) is 0 Å². The molecule has 156 valence electrons. The molecule has 0 amide bonds. The van der Waals surface area contributed by atoms with Crippen LogP contribution < -0.4 is 15.4 Å². The van der Waals surface area contributed by atoms with Crippen LogP contribution in [0.15, 0.2) is 79.4 Å². The third kappa shape index (κ3) is 5.44. The van der Waals surface area contributed by atoms with Crippen molar-refractivity contribution in [2.24, 2.45) is 0 Å². The Hall–Kier alpha value is -3.67. The lowest BCUT2D eigenvalue weighted by Gasteiger charge is -2.08. The van der Waals surface area contributed by atoms with E-state index in [1.54, 1.807) is 6.20 Å². The molecule has 3 rings (SSSR count). The van der Waals surface area contributed by atoms with Gasteiger partial charge in [-0.05, 0) is 48.9 Å². The van der Waals surface area contributed by atoms with Crippen LogP contribution in [0.5, 0.6) is 5.88 Å². The second-order valence-electron chi connectivity index (χ2n) is 6.72. The predicted molar refractivity (Wildman–Crippen MR) is 123 cm³/mol. The molecule has 2 aromatic rings. The number of aromatic nitrogens is 2. The third-order valence-corrected chi connectivity index (χ3v) is 4.63. The Kier molecular flexibility index (Phi) is 7.55. The molecule has 0 bridgehead atoms. The van der Waals surface area contributed by atoms with Gasteiger partial charge in [0.25, 0.3) is 0 Å². The fourth-order valence-corrected chi connectivity index (χ4v) is 3.02. The molecule has 0 spiro atoms. The second kappa shape index (κ2) is 10.8. The summed E-state index contributed by atoms with van der Waals surface area (Å²) in [6.07, 6.45) is 17.9. The summed E-state index contributed by atoms with van der Waals surface area (Å²) >= 11 is 0. The van der Waals surface area contributed by atoms with Gasteiger partial charge in [0, 0.05) is 19.4 Å². The van der Waals surface area contributed by atoms with Gasteiger partial charge in [-0.15, -0.1) is 0 Å². The van der Waals surface area contributed by atoms with Gasteiger partial charge in [0.2, 0.25) is 5.88 Å². The Morgan fingerprint density at radius 1 is 1.23 bits per heavy atom. The zero-order valence-corrected chi connectivity index (χ0v) is 17.7. The number of H-pyrrole nitrogens is 1. The first-order valence-corrected chi connectivity index (χ1v) is 10.0. The molecule has 0 aliphatic carbocycles. The van der Waals surface area contributed by atoms with Crippen LogP contribution in [0.3, 0.4) is 0 Å². The largest absolute Gasteiger partial charge is 0.473 e. The quantitative estimate of drug-likeness (QED) is 0.543. The van der Waals surface area contributed by atoms with Crippen LogP contribution in [0, 0.1) is 0 Å². The first kappa shape index (κ1) is 21.0. The SMILES string of the molecule is C/C=C\C=C/N1C=C(c2ccc(COc3[nH]ncc3C(/C=C\NC)=C/C)cc2)NC1. The fourth-order valence-electron chi connectivity index (χ4n) is 3.02. The summed E-state index contributed by atoms with van der Waals surface area (Å²) in [5, 5.41) is 13.5. The van der Waals surface area contributed by atoms with Crippen molar-refractivity contribution < 1.29 is 4.74 Å². The highest BCUT2D eigenvalue weighted by Gasteiger charge is 2.12. The van der Waals surface area contributed by atoms with Crippen molar-refractivity contribution in [1.29, 1.82) is 0 Å². The summed E-state index contributed by atoms with van der Waals surface area (Å²) in [7, 11) is 1.87.